The summed E-state index contributed by atoms with van der Waals surface area (Å²) in [7, 11) is -3.12. The second-order valence-corrected chi connectivity index (χ2v) is 8.93. The number of carbonyl (C=O) groups excluding carboxylic acids is 1. The molecule has 6 heteroatoms. The van der Waals surface area contributed by atoms with Gasteiger partial charge in [-0.05, 0) is 49.2 Å². The van der Waals surface area contributed by atoms with Crippen LogP contribution in [-0.2, 0) is 25.8 Å². The van der Waals surface area contributed by atoms with Crippen molar-refractivity contribution in [1.82, 2.24) is 0 Å². The molecule has 0 aromatic heterocycles. The predicted molar refractivity (Wildman–Crippen MR) is 98.1 cm³/mol. The smallest absolute Gasteiger partial charge is 0.234 e. The number of halogens is 1. The van der Waals surface area contributed by atoms with E-state index in [1.807, 2.05) is 26.0 Å². The number of benzene rings is 2. The van der Waals surface area contributed by atoms with Gasteiger partial charge in [0, 0.05) is 17.0 Å². The van der Waals surface area contributed by atoms with Gasteiger partial charge in [0.2, 0.25) is 5.91 Å². The van der Waals surface area contributed by atoms with Gasteiger partial charge in [-0.15, -0.1) is 0 Å². The van der Waals surface area contributed by atoms with Crippen molar-refractivity contribution >= 4 is 33.0 Å². The molecule has 0 fully saturated rings. The predicted octanol–water partition coefficient (Wildman–Crippen LogP) is 3.80. The van der Waals surface area contributed by atoms with Gasteiger partial charge in [-0.2, -0.15) is 0 Å². The van der Waals surface area contributed by atoms with Crippen LogP contribution in [0.2, 0.25) is 5.02 Å². The van der Waals surface area contributed by atoms with Crippen LogP contribution in [0.1, 0.15) is 25.0 Å². The van der Waals surface area contributed by atoms with E-state index < -0.39 is 15.3 Å². The lowest BCUT2D eigenvalue weighted by Gasteiger charge is -2.24. The van der Waals surface area contributed by atoms with E-state index in [2.05, 4.69) is 5.32 Å². The molecule has 24 heavy (non-hydrogen) atoms. The minimum Gasteiger partial charge on any atom is -0.325 e. The van der Waals surface area contributed by atoms with Crippen molar-refractivity contribution in [3.8, 4) is 0 Å². The Morgan fingerprint density at radius 2 is 1.75 bits per heavy atom. The van der Waals surface area contributed by atoms with Gasteiger partial charge in [0.25, 0.3) is 0 Å². The largest absolute Gasteiger partial charge is 0.325 e. The van der Waals surface area contributed by atoms with E-state index in [0.717, 1.165) is 5.56 Å². The van der Waals surface area contributed by atoms with Gasteiger partial charge in [0.15, 0.2) is 9.84 Å². The summed E-state index contributed by atoms with van der Waals surface area (Å²) in [6.07, 6.45) is 1.18. The average molecular weight is 366 g/mol. The Hall–Kier alpha value is -1.85. The summed E-state index contributed by atoms with van der Waals surface area (Å²) in [4.78, 5) is 12.7. The van der Waals surface area contributed by atoms with Crippen LogP contribution in [0.25, 0.3) is 0 Å². The van der Waals surface area contributed by atoms with Gasteiger partial charge in [0.05, 0.1) is 11.2 Å². The Balaban J connectivity index is 2.19. The zero-order valence-corrected chi connectivity index (χ0v) is 15.4. The molecular formula is C18H20ClNO3S. The third kappa shape index (κ3) is 4.82. The molecule has 2 aromatic carbocycles. The molecule has 0 saturated heterocycles. The molecule has 2 rings (SSSR count). The Bertz CT molecular complexity index is 843. The van der Waals surface area contributed by atoms with E-state index in [1.165, 1.54) is 6.26 Å². The van der Waals surface area contributed by atoms with Crippen molar-refractivity contribution in [3.05, 3.63) is 64.7 Å². The highest BCUT2D eigenvalue weighted by Crippen LogP contribution is 2.26. The summed E-state index contributed by atoms with van der Waals surface area (Å²) in [6.45, 7) is 3.65. The molecule has 128 valence electrons. The van der Waals surface area contributed by atoms with E-state index in [1.54, 1.807) is 36.4 Å². The molecular weight excluding hydrogens is 346 g/mol. The van der Waals surface area contributed by atoms with Crippen LogP contribution >= 0.6 is 11.6 Å². The number of sulfone groups is 1. The molecule has 0 bridgehead atoms. The number of hydrogen-bond acceptors (Lipinski definition) is 3. The maximum Gasteiger partial charge on any atom is 0.234 e. The van der Waals surface area contributed by atoms with Crippen molar-refractivity contribution in [3.63, 3.8) is 0 Å². The van der Waals surface area contributed by atoms with Crippen LogP contribution in [0.15, 0.2) is 48.5 Å². The number of carbonyl (C=O) groups is 1. The molecule has 0 saturated carbocycles. The minimum atomic E-state index is -3.12. The fourth-order valence-electron chi connectivity index (χ4n) is 2.33. The topological polar surface area (TPSA) is 63.2 Å². The summed E-state index contributed by atoms with van der Waals surface area (Å²) in [6, 6.07) is 14.0. The standard InChI is InChI=1S/C18H20ClNO3S/c1-18(2,14-7-9-15(19)10-8-14)17(21)20-16-6-4-5-13(11-16)12-24(3,22)23/h4-11H,12H2,1-3H3,(H,20,21). The Morgan fingerprint density at radius 3 is 2.33 bits per heavy atom. The van der Waals surface area contributed by atoms with E-state index in [4.69, 9.17) is 11.6 Å². The van der Waals surface area contributed by atoms with Crippen LogP contribution in [0.4, 0.5) is 5.69 Å². The molecule has 0 heterocycles. The monoisotopic (exact) mass is 365 g/mol. The summed E-state index contributed by atoms with van der Waals surface area (Å²) < 4.78 is 22.8. The number of rotatable bonds is 5. The fraction of sp³-hybridized carbons (Fsp3) is 0.278. The summed E-state index contributed by atoms with van der Waals surface area (Å²) >= 11 is 5.89. The number of amides is 1. The Kier molecular flexibility index (Phi) is 5.35. The average Bonchev–Trinajstić information content (AvgIpc) is 2.46. The summed E-state index contributed by atoms with van der Waals surface area (Å²) in [5.41, 5.74) is 1.30. The Labute approximate surface area is 147 Å². The normalized spacial score (nSPS) is 12.0. The summed E-state index contributed by atoms with van der Waals surface area (Å²) in [5.74, 6) is -0.238. The Morgan fingerprint density at radius 1 is 1.12 bits per heavy atom. The lowest BCUT2D eigenvalue weighted by atomic mass is 9.83. The van der Waals surface area contributed by atoms with Crippen molar-refractivity contribution in [2.75, 3.05) is 11.6 Å². The SMILES string of the molecule is CC(C)(C(=O)Nc1cccc(CS(C)(=O)=O)c1)c1ccc(Cl)cc1. The van der Waals surface area contributed by atoms with Crippen molar-refractivity contribution in [1.29, 1.82) is 0 Å². The zero-order chi connectivity index (χ0) is 18.0. The molecule has 0 aliphatic heterocycles. The first-order valence-corrected chi connectivity index (χ1v) is 9.86. The van der Waals surface area contributed by atoms with Crippen molar-refractivity contribution in [2.45, 2.75) is 25.0 Å². The van der Waals surface area contributed by atoms with Gasteiger partial charge >= 0.3 is 0 Å². The van der Waals surface area contributed by atoms with Crippen LogP contribution in [0.5, 0.6) is 0 Å². The zero-order valence-electron chi connectivity index (χ0n) is 13.8. The molecule has 0 atom stereocenters. The molecule has 0 radical (unpaired) electrons. The van der Waals surface area contributed by atoms with Crippen LogP contribution in [-0.4, -0.2) is 20.6 Å². The van der Waals surface area contributed by atoms with Crippen molar-refractivity contribution < 1.29 is 13.2 Å². The van der Waals surface area contributed by atoms with Gasteiger partial charge in [-0.25, -0.2) is 8.42 Å². The molecule has 0 unspecified atom stereocenters. The van der Waals surface area contributed by atoms with E-state index >= 15 is 0 Å². The van der Waals surface area contributed by atoms with Gasteiger partial charge < -0.3 is 5.32 Å². The molecule has 4 nitrogen and oxygen atoms in total. The van der Waals surface area contributed by atoms with E-state index in [9.17, 15) is 13.2 Å². The highest BCUT2D eigenvalue weighted by atomic mass is 35.5. The molecule has 1 amide bonds. The fourth-order valence-corrected chi connectivity index (χ4v) is 3.24. The van der Waals surface area contributed by atoms with Gasteiger partial charge in [0.1, 0.15) is 0 Å². The van der Waals surface area contributed by atoms with Gasteiger partial charge in [-0.1, -0.05) is 35.9 Å². The van der Waals surface area contributed by atoms with Crippen LogP contribution in [0.3, 0.4) is 0 Å². The second kappa shape index (κ2) is 6.95. The second-order valence-electron chi connectivity index (χ2n) is 6.36. The number of nitrogens with one attached hydrogen (secondary N) is 1. The number of anilines is 1. The number of hydrogen-bond donors (Lipinski definition) is 1. The maximum atomic E-state index is 12.7. The van der Waals surface area contributed by atoms with Crippen molar-refractivity contribution in [2.24, 2.45) is 0 Å². The first kappa shape index (κ1) is 18.5. The third-order valence-corrected chi connectivity index (χ3v) is 4.86. The first-order chi connectivity index (χ1) is 11.1. The van der Waals surface area contributed by atoms with Crippen LogP contribution in [0, 0.1) is 0 Å². The maximum absolute atomic E-state index is 12.7. The molecule has 0 aliphatic carbocycles. The van der Waals surface area contributed by atoms with Gasteiger partial charge in [-0.3, -0.25) is 4.79 Å². The molecule has 0 aliphatic rings. The van der Waals surface area contributed by atoms with Crippen LogP contribution < -0.4 is 5.32 Å². The highest BCUT2D eigenvalue weighted by molar-refractivity contribution is 7.89. The lowest BCUT2D eigenvalue weighted by Crippen LogP contribution is -2.34. The quantitative estimate of drug-likeness (QED) is 0.876. The van der Waals surface area contributed by atoms with E-state index in [0.29, 0.717) is 16.3 Å². The third-order valence-electron chi connectivity index (χ3n) is 3.75. The lowest BCUT2D eigenvalue weighted by molar-refractivity contribution is -0.120. The molecule has 2 aromatic rings. The molecule has 0 spiro atoms. The molecule has 1 N–H and O–H groups in total. The highest BCUT2D eigenvalue weighted by Gasteiger charge is 2.29. The summed E-state index contributed by atoms with van der Waals surface area (Å²) in [5, 5.41) is 3.47. The first-order valence-electron chi connectivity index (χ1n) is 7.42. The van der Waals surface area contributed by atoms with E-state index in [-0.39, 0.29) is 11.7 Å². The minimum absolute atomic E-state index is 0.0582.